The fraction of sp³-hybridized carbons (Fsp3) is 0.611. The minimum absolute atomic E-state index is 0.00936. The van der Waals surface area contributed by atoms with Gasteiger partial charge in [0, 0.05) is 25.3 Å². The maximum atomic E-state index is 12.5. The van der Waals surface area contributed by atoms with Crippen LogP contribution in [0.25, 0.3) is 0 Å². The van der Waals surface area contributed by atoms with Gasteiger partial charge in [0.25, 0.3) is 0 Å². The van der Waals surface area contributed by atoms with Crippen molar-refractivity contribution in [2.75, 3.05) is 33.4 Å². The Kier molecular flexibility index (Phi) is 5.45. The molecule has 1 aromatic carbocycles. The van der Waals surface area contributed by atoms with Crippen molar-refractivity contribution in [3.8, 4) is 11.5 Å². The molecule has 6 nitrogen and oxygen atoms in total. The number of amides is 2. The van der Waals surface area contributed by atoms with Gasteiger partial charge in [0.1, 0.15) is 6.61 Å². The number of nitrogens with zero attached hydrogens (tertiary/aromatic N) is 1. The van der Waals surface area contributed by atoms with Gasteiger partial charge in [-0.2, -0.15) is 0 Å². The first-order chi connectivity index (χ1) is 11.7. The van der Waals surface area contributed by atoms with E-state index < -0.39 is 0 Å². The van der Waals surface area contributed by atoms with E-state index in [0.717, 1.165) is 56.0 Å². The number of methoxy groups -OCH3 is 1. The topological polar surface area (TPSA) is 60.0 Å². The molecule has 2 amide bonds. The van der Waals surface area contributed by atoms with Crippen LogP contribution in [0.1, 0.15) is 25.3 Å². The third-order valence-corrected chi connectivity index (χ3v) is 4.63. The Labute approximate surface area is 143 Å². The van der Waals surface area contributed by atoms with Gasteiger partial charge in [-0.15, -0.1) is 0 Å². The lowest BCUT2D eigenvalue weighted by molar-refractivity contribution is 0.0216. The first-order valence-electron chi connectivity index (χ1n) is 8.67. The molecule has 1 N–H and O–H groups in total. The van der Waals surface area contributed by atoms with Crippen molar-refractivity contribution in [2.45, 2.75) is 38.3 Å². The lowest BCUT2D eigenvalue weighted by atomic mass is 10.0. The van der Waals surface area contributed by atoms with E-state index in [-0.39, 0.29) is 18.2 Å². The summed E-state index contributed by atoms with van der Waals surface area (Å²) in [4.78, 5) is 14.3. The molecule has 2 heterocycles. The van der Waals surface area contributed by atoms with E-state index in [4.69, 9.17) is 14.2 Å². The van der Waals surface area contributed by atoms with Crippen molar-refractivity contribution in [2.24, 2.45) is 0 Å². The molecule has 0 saturated carbocycles. The highest BCUT2D eigenvalue weighted by molar-refractivity contribution is 5.74. The van der Waals surface area contributed by atoms with Crippen molar-refractivity contribution in [3.63, 3.8) is 0 Å². The number of ether oxygens (including phenoxy) is 3. The number of piperidine rings is 1. The quantitative estimate of drug-likeness (QED) is 0.917. The predicted octanol–water partition coefficient (Wildman–Crippen LogP) is 2.21. The number of rotatable bonds is 4. The van der Waals surface area contributed by atoms with Crippen LogP contribution >= 0.6 is 0 Å². The van der Waals surface area contributed by atoms with Crippen LogP contribution in [0, 0.1) is 0 Å². The van der Waals surface area contributed by atoms with Crippen LogP contribution < -0.4 is 14.8 Å². The molecule has 0 aromatic heterocycles. The zero-order chi connectivity index (χ0) is 16.9. The molecular formula is C18H26N2O4. The Morgan fingerprint density at radius 1 is 1.38 bits per heavy atom. The Morgan fingerprint density at radius 3 is 2.88 bits per heavy atom. The zero-order valence-corrected chi connectivity index (χ0v) is 14.4. The summed E-state index contributed by atoms with van der Waals surface area (Å²) < 4.78 is 16.8. The summed E-state index contributed by atoms with van der Waals surface area (Å²) in [6, 6.07) is 5.83. The first-order valence-corrected chi connectivity index (χ1v) is 8.67. The standard InChI is InChI=1S/C18H26N2O4/c1-3-23-15-7-9-20(10-8-15)18(21)19-14-11-13-5-4-6-16(22-2)17(13)24-12-14/h4-6,14-15H,3,7-12H2,1-2H3,(H,19,21)/t14-/m1/s1. The molecule has 24 heavy (non-hydrogen) atoms. The minimum atomic E-state index is -0.0123. The van der Waals surface area contributed by atoms with Crippen LogP contribution in [-0.2, 0) is 11.2 Å². The second-order valence-electron chi connectivity index (χ2n) is 6.25. The van der Waals surface area contributed by atoms with Crippen molar-refractivity contribution in [1.29, 1.82) is 0 Å². The molecule has 1 saturated heterocycles. The van der Waals surface area contributed by atoms with Gasteiger partial charge in [-0.3, -0.25) is 0 Å². The zero-order valence-electron chi connectivity index (χ0n) is 14.4. The summed E-state index contributed by atoms with van der Waals surface area (Å²) in [6.45, 7) is 4.70. The number of nitrogens with one attached hydrogen (secondary N) is 1. The number of fused-ring (bicyclic) bond motifs is 1. The smallest absolute Gasteiger partial charge is 0.317 e. The number of carbonyl (C=O) groups is 1. The summed E-state index contributed by atoms with van der Waals surface area (Å²) >= 11 is 0. The van der Waals surface area contributed by atoms with Crippen LogP contribution in [0.3, 0.4) is 0 Å². The molecule has 1 aromatic rings. The lowest BCUT2D eigenvalue weighted by Gasteiger charge is -2.34. The number of benzene rings is 1. The van der Waals surface area contributed by atoms with Crippen LogP contribution in [0.4, 0.5) is 4.79 Å². The summed E-state index contributed by atoms with van der Waals surface area (Å²) in [5.41, 5.74) is 1.07. The van der Waals surface area contributed by atoms with E-state index >= 15 is 0 Å². The van der Waals surface area contributed by atoms with Gasteiger partial charge in [0.2, 0.25) is 0 Å². The molecule has 0 aliphatic carbocycles. The maximum absolute atomic E-state index is 12.5. The molecule has 1 fully saturated rings. The predicted molar refractivity (Wildman–Crippen MR) is 90.7 cm³/mol. The number of hydrogen-bond donors (Lipinski definition) is 1. The summed E-state index contributed by atoms with van der Waals surface area (Å²) in [5, 5.41) is 3.09. The molecular weight excluding hydrogens is 308 g/mol. The summed E-state index contributed by atoms with van der Waals surface area (Å²) in [5.74, 6) is 1.54. The van der Waals surface area contributed by atoms with Crippen LogP contribution in [-0.4, -0.2) is 56.5 Å². The van der Waals surface area contributed by atoms with Crippen molar-refractivity contribution < 1.29 is 19.0 Å². The van der Waals surface area contributed by atoms with Crippen LogP contribution in [0.5, 0.6) is 11.5 Å². The van der Waals surface area contributed by atoms with E-state index in [1.165, 1.54) is 0 Å². The third kappa shape index (κ3) is 3.75. The van der Waals surface area contributed by atoms with Crippen molar-refractivity contribution in [1.82, 2.24) is 10.2 Å². The van der Waals surface area contributed by atoms with E-state index in [1.54, 1.807) is 7.11 Å². The van der Waals surface area contributed by atoms with E-state index in [1.807, 2.05) is 30.0 Å². The van der Waals surface area contributed by atoms with Gasteiger partial charge < -0.3 is 24.4 Å². The summed E-state index contributed by atoms with van der Waals surface area (Å²) in [7, 11) is 1.64. The molecule has 6 heteroatoms. The Balaban J connectivity index is 1.53. The average molecular weight is 334 g/mol. The van der Waals surface area contributed by atoms with Crippen LogP contribution in [0.2, 0.25) is 0 Å². The van der Waals surface area contributed by atoms with Gasteiger partial charge in [-0.25, -0.2) is 4.79 Å². The van der Waals surface area contributed by atoms with E-state index in [9.17, 15) is 4.79 Å². The fourth-order valence-corrected chi connectivity index (χ4v) is 3.37. The highest BCUT2D eigenvalue weighted by atomic mass is 16.5. The highest BCUT2D eigenvalue weighted by Gasteiger charge is 2.27. The molecule has 0 unspecified atom stereocenters. The fourth-order valence-electron chi connectivity index (χ4n) is 3.37. The Morgan fingerprint density at radius 2 is 2.17 bits per heavy atom. The van der Waals surface area contributed by atoms with Crippen LogP contribution in [0.15, 0.2) is 18.2 Å². The third-order valence-electron chi connectivity index (χ3n) is 4.63. The number of urea groups is 1. The average Bonchev–Trinajstić information content (AvgIpc) is 2.62. The normalized spacial score (nSPS) is 20.9. The molecule has 0 spiro atoms. The molecule has 2 aliphatic heterocycles. The minimum Gasteiger partial charge on any atom is -0.493 e. The van der Waals surface area contributed by atoms with Gasteiger partial charge in [0.05, 0.1) is 19.3 Å². The van der Waals surface area contributed by atoms with Crippen molar-refractivity contribution >= 4 is 6.03 Å². The molecule has 1 atom stereocenters. The SMILES string of the molecule is CCOC1CCN(C(=O)N[C@H]2COc3c(cccc3OC)C2)CC1. The molecule has 0 bridgehead atoms. The Hall–Kier alpha value is -1.95. The van der Waals surface area contributed by atoms with Gasteiger partial charge in [0.15, 0.2) is 11.5 Å². The second kappa shape index (κ2) is 7.75. The Bertz CT molecular complexity index is 570. The largest absolute Gasteiger partial charge is 0.493 e. The lowest BCUT2D eigenvalue weighted by Crippen LogP contribution is -2.51. The van der Waals surface area contributed by atoms with Gasteiger partial charge in [-0.1, -0.05) is 12.1 Å². The monoisotopic (exact) mass is 334 g/mol. The molecule has 3 rings (SSSR count). The number of likely N-dealkylation sites (tertiary alicyclic amines) is 1. The number of para-hydroxylation sites is 1. The second-order valence-corrected chi connectivity index (χ2v) is 6.25. The first kappa shape index (κ1) is 16.9. The maximum Gasteiger partial charge on any atom is 0.317 e. The van der Waals surface area contributed by atoms with Crippen molar-refractivity contribution in [3.05, 3.63) is 23.8 Å². The van der Waals surface area contributed by atoms with Gasteiger partial charge >= 0.3 is 6.03 Å². The molecule has 132 valence electrons. The highest BCUT2D eigenvalue weighted by Crippen LogP contribution is 2.34. The summed E-state index contributed by atoms with van der Waals surface area (Å²) in [6.07, 6.45) is 2.86. The number of hydrogen-bond acceptors (Lipinski definition) is 4. The van der Waals surface area contributed by atoms with Gasteiger partial charge in [-0.05, 0) is 32.3 Å². The van der Waals surface area contributed by atoms with E-state index in [2.05, 4.69) is 5.32 Å². The molecule has 2 aliphatic rings. The van der Waals surface area contributed by atoms with E-state index in [0.29, 0.717) is 6.61 Å². The molecule has 0 radical (unpaired) electrons. The number of carbonyl (C=O) groups excluding carboxylic acids is 1.